The Morgan fingerprint density at radius 2 is 2.11 bits per heavy atom. The molecule has 1 atom stereocenters. The summed E-state index contributed by atoms with van der Waals surface area (Å²) in [7, 11) is -3.89. The molecule has 1 aromatic rings. The molecule has 1 aliphatic carbocycles. The molecular weight excluding hydrogens is 267 g/mol. The minimum atomic E-state index is -3.89. The zero-order chi connectivity index (χ0) is 14.3. The van der Waals surface area contributed by atoms with E-state index >= 15 is 0 Å². The first-order chi connectivity index (χ1) is 8.78. The predicted octanol–water partition coefficient (Wildman–Crippen LogP) is 1.54. The summed E-state index contributed by atoms with van der Waals surface area (Å²) in [5.74, 6) is -0.506. The lowest BCUT2D eigenvalue weighted by Crippen LogP contribution is -2.53. The summed E-state index contributed by atoms with van der Waals surface area (Å²) in [4.78, 5) is -0.312. The topological polar surface area (TPSA) is 72.2 Å². The zero-order valence-corrected chi connectivity index (χ0v) is 11.9. The molecule has 1 aliphatic rings. The standard InChI is InChI=1S/C13H19FN2O2S/c1-9-3-6-11(14)12(7-9)19(17,18)16-13(2,8-15)10-4-5-10/h3,6-7,10,16H,4-5,8,15H2,1-2H3. The largest absolute Gasteiger partial charge is 0.329 e. The Kier molecular flexibility index (Phi) is 3.68. The highest BCUT2D eigenvalue weighted by Crippen LogP contribution is 2.39. The van der Waals surface area contributed by atoms with Crippen molar-refractivity contribution in [2.75, 3.05) is 6.54 Å². The highest BCUT2D eigenvalue weighted by molar-refractivity contribution is 7.89. The molecule has 0 saturated heterocycles. The fraction of sp³-hybridized carbons (Fsp3) is 0.538. The molecule has 0 radical (unpaired) electrons. The van der Waals surface area contributed by atoms with E-state index < -0.39 is 21.4 Å². The zero-order valence-electron chi connectivity index (χ0n) is 11.1. The van der Waals surface area contributed by atoms with Crippen LogP contribution < -0.4 is 10.5 Å². The Morgan fingerprint density at radius 3 is 2.63 bits per heavy atom. The Hall–Kier alpha value is -0.980. The molecule has 1 saturated carbocycles. The molecule has 0 spiro atoms. The van der Waals surface area contributed by atoms with Gasteiger partial charge in [0.25, 0.3) is 0 Å². The highest BCUT2D eigenvalue weighted by atomic mass is 32.2. The van der Waals surface area contributed by atoms with Gasteiger partial charge in [0.2, 0.25) is 10.0 Å². The summed E-state index contributed by atoms with van der Waals surface area (Å²) in [5, 5.41) is 0. The Morgan fingerprint density at radius 1 is 1.47 bits per heavy atom. The average Bonchev–Trinajstić information content (AvgIpc) is 3.15. The molecule has 2 rings (SSSR count). The number of rotatable bonds is 5. The number of nitrogens with one attached hydrogen (secondary N) is 1. The second-order valence-corrected chi connectivity index (χ2v) is 7.09. The summed E-state index contributed by atoms with van der Waals surface area (Å²) in [6.45, 7) is 3.70. The summed E-state index contributed by atoms with van der Waals surface area (Å²) in [5.41, 5.74) is 5.68. The van der Waals surface area contributed by atoms with Gasteiger partial charge in [-0.25, -0.2) is 17.5 Å². The number of benzene rings is 1. The van der Waals surface area contributed by atoms with Gasteiger partial charge < -0.3 is 5.73 Å². The summed E-state index contributed by atoms with van der Waals surface area (Å²) in [6, 6.07) is 4.04. The molecular formula is C13H19FN2O2S. The fourth-order valence-electron chi connectivity index (χ4n) is 2.19. The van der Waals surface area contributed by atoms with Crippen molar-refractivity contribution in [1.29, 1.82) is 0 Å². The minimum absolute atomic E-state index is 0.199. The van der Waals surface area contributed by atoms with Crippen LogP contribution in [0.25, 0.3) is 0 Å². The third kappa shape index (κ3) is 2.96. The number of hydrogen-bond donors (Lipinski definition) is 2. The van der Waals surface area contributed by atoms with Gasteiger partial charge in [0, 0.05) is 12.1 Å². The Balaban J connectivity index is 2.34. The lowest BCUT2D eigenvalue weighted by atomic mass is 9.98. The quantitative estimate of drug-likeness (QED) is 0.862. The second kappa shape index (κ2) is 4.85. The Labute approximate surface area is 113 Å². The minimum Gasteiger partial charge on any atom is -0.329 e. The van der Waals surface area contributed by atoms with Crippen LogP contribution in [0, 0.1) is 18.7 Å². The van der Waals surface area contributed by atoms with E-state index in [1.165, 1.54) is 18.2 Å². The number of nitrogens with two attached hydrogens (primary N) is 1. The van der Waals surface area contributed by atoms with Crippen molar-refractivity contribution in [3.63, 3.8) is 0 Å². The van der Waals surface area contributed by atoms with Crippen LogP contribution in [0.1, 0.15) is 25.3 Å². The van der Waals surface area contributed by atoms with E-state index in [0.717, 1.165) is 12.8 Å². The van der Waals surface area contributed by atoms with Crippen molar-refractivity contribution < 1.29 is 12.8 Å². The summed E-state index contributed by atoms with van der Waals surface area (Å²) < 4.78 is 40.9. The smallest absolute Gasteiger partial charge is 0.244 e. The van der Waals surface area contributed by atoms with Gasteiger partial charge in [-0.3, -0.25) is 0 Å². The molecule has 19 heavy (non-hydrogen) atoms. The third-order valence-corrected chi connectivity index (χ3v) is 5.27. The first-order valence-electron chi connectivity index (χ1n) is 6.29. The monoisotopic (exact) mass is 286 g/mol. The van der Waals surface area contributed by atoms with E-state index in [4.69, 9.17) is 5.73 Å². The van der Waals surface area contributed by atoms with Crippen molar-refractivity contribution in [3.05, 3.63) is 29.6 Å². The van der Waals surface area contributed by atoms with Crippen LogP contribution in [-0.2, 0) is 10.0 Å². The van der Waals surface area contributed by atoms with E-state index in [9.17, 15) is 12.8 Å². The molecule has 106 valence electrons. The van der Waals surface area contributed by atoms with Gasteiger partial charge in [0.05, 0.1) is 0 Å². The van der Waals surface area contributed by atoms with Crippen LogP contribution in [-0.4, -0.2) is 20.5 Å². The molecule has 0 amide bonds. The maximum atomic E-state index is 13.7. The first-order valence-corrected chi connectivity index (χ1v) is 7.77. The van der Waals surface area contributed by atoms with E-state index in [1.54, 1.807) is 13.8 Å². The molecule has 6 heteroatoms. The number of hydrogen-bond acceptors (Lipinski definition) is 3. The normalized spacial score (nSPS) is 19.2. The number of sulfonamides is 1. The van der Waals surface area contributed by atoms with Crippen molar-refractivity contribution in [1.82, 2.24) is 4.72 Å². The molecule has 0 aliphatic heterocycles. The van der Waals surface area contributed by atoms with Gasteiger partial charge in [-0.05, 0) is 50.3 Å². The highest BCUT2D eigenvalue weighted by Gasteiger charge is 2.43. The summed E-state index contributed by atoms with van der Waals surface area (Å²) >= 11 is 0. The van der Waals surface area contributed by atoms with E-state index in [1.807, 2.05) is 0 Å². The second-order valence-electron chi connectivity index (χ2n) is 5.44. The number of aryl methyl sites for hydroxylation is 1. The van der Waals surface area contributed by atoms with Gasteiger partial charge in [0.15, 0.2) is 0 Å². The van der Waals surface area contributed by atoms with Crippen LogP contribution >= 0.6 is 0 Å². The molecule has 1 unspecified atom stereocenters. The van der Waals surface area contributed by atoms with Crippen LogP contribution in [0.3, 0.4) is 0 Å². The van der Waals surface area contributed by atoms with Gasteiger partial charge in [-0.1, -0.05) is 6.07 Å². The SMILES string of the molecule is Cc1ccc(F)c(S(=O)(=O)NC(C)(CN)C2CC2)c1. The molecule has 0 bridgehead atoms. The molecule has 1 fully saturated rings. The molecule has 0 aromatic heterocycles. The first kappa shape index (κ1) is 14.4. The van der Waals surface area contributed by atoms with Crippen LogP contribution in [0.15, 0.2) is 23.1 Å². The maximum absolute atomic E-state index is 13.7. The van der Waals surface area contributed by atoms with Crippen molar-refractivity contribution in [2.45, 2.75) is 37.1 Å². The molecule has 4 nitrogen and oxygen atoms in total. The average molecular weight is 286 g/mol. The van der Waals surface area contributed by atoms with Gasteiger partial charge >= 0.3 is 0 Å². The van der Waals surface area contributed by atoms with Crippen molar-refractivity contribution in [3.8, 4) is 0 Å². The van der Waals surface area contributed by atoms with E-state index in [0.29, 0.717) is 5.56 Å². The molecule has 0 heterocycles. The van der Waals surface area contributed by atoms with Gasteiger partial charge in [-0.2, -0.15) is 0 Å². The Bertz CT molecular complexity index is 584. The number of halogens is 1. The lowest BCUT2D eigenvalue weighted by molar-refractivity contribution is 0.373. The third-order valence-electron chi connectivity index (χ3n) is 3.65. The predicted molar refractivity (Wildman–Crippen MR) is 71.6 cm³/mol. The van der Waals surface area contributed by atoms with Crippen molar-refractivity contribution in [2.24, 2.45) is 11.7 Å². The maximum Gasteiger partial charge on any atom is 0.244 e. The van der Waals surface area contributed by atoms with Crippen LogP contribution in [0.5, 0.6) is 0 Å². The molecule has 1 aromatic carbocycles. The van der Waals surface area contributed by atoms with E-state index in [2.05, 4.69) is 4.72 Å². The fourth-order valence-corrected chi connectivity index (χ4v) is 3.83. The summed E-state index contributed by atoms with van der Waals surface area (Å²) in [6.07, 6.45) is 1.90. The molecule has 3 N–H and O–H groups in total. The van der Waals surface area contributed by atoms with Crippen molar-refractivity contribution >= 4 is 10.0 Å². The van der Waals surface area contributed by atoms with Gasteiger partial charge in [-0.15, -0.1) is 0 Å². The van der Waals surface area contributed by atoms with Gasteiger partial charge in [0.1, 0.15) is 10.7 Å². The van der Waals surface area contributed by atoms with E-state index in [-0.39, 0.29) is 17.4 Å². The van der Waals surface area contributed by atoms with Crippen LogP contribution in [0.4, 0.5) is 4.39 Å². The lowest BCUT2D eigenvalue weighted by Gasteiger charge is -2.29. The van der Waals surface area contributed by atoms with Crippen LogP contribution in [0.2, 0.25) is 0 Å².